The second-order valence-electron chi connectivity index (χ2n) is 6.02. The van der Waals surface area contributed by atoms with Crippen LogP contribution in [0.3, 0.4) is 0 Å². The molecule has 1 aromatic carbocycles. The number of benzene rings is 1. The third-order valence-corrected chi connectivity index (χ3v) is 4.57. The van der Waals surface area contributed by atoms with Gasteiger partial charge in [-0.25, -0.2) is 0 Å². The summed E-state index contributed by atoms with van der Waals surface area (Å²) in [6, 6.07) is 4.84. The zero-order valence-electron chi connectivity index (χ0n) is 14.2. The number of ether oxygens (including phenoxy) is 1. The van der Waals surface area contributed by atoms with Gasteiger partial charge in [-0.15, -0.1) is 0 Å². The zero-order chi connectivity index (χ0) is 18.2. The van der Waals surface area contributed by atoms with Gasteiger partial charge in [0.2, 0.25) is 5.91 Å². The SMILES string of the molecule is CCCN1CCC(NC(=O)/C=C/c2cc(Br)ccc2OC(F)F)CC1. The number of nitrogens with zero attached hydrogens (tertiary/aromatic N) is 1. The number of carbonyl (C=O) groups is 1. The Morgan fingerprint density at radius 2 is 2.16 bits per heavy atom. The number of halogens is 3. The Hall–Kier alpha value is -1.47. The quantitative estimate of drug-likeness (QED) is 0.681. The lowest BCUT2D eigenvalue weighted by atomic mass is 10.0. The van der Waals surface area contributed by atoms with E-state index in [1.54, 1.807) is 12.1 Å². The maximum absolute atomic E-state index is 12.5. The van der Waals surface area contributed by atoms with Crippen LogP contribution in [-0.2, 0) is 4.79 Å². The molecule has 1 fully saturated rings. The summed E-state index contributed by atoms with van der Waals surface area (Å²) in [5.41, 5.74) is 0.419. The Morgan fingerprint density at radius 3 is 2.80 bits per heavy atom. The van der Waals surface area contributed by atoms with Crippen LogP contribution in [0.25, 0.3) is 6.08 Å². The first-order valence-electron chi connectivity index (χ1n) is 8.43. The van der Waals surface area contributed by atoms with Gasteiger partial charge in [-0.05, 0) is 50.1 Å². The van der Waals surface area contributed by atoms with Crippen LogP contribution in [0.4, 0.5) is 8.78 Å². The maximum Gasteiger partial charge on any atom is 0.387 e. The van der Waals surface area contributed by atoms with E-state index in [0.717, 1.165) is 43.4 Å². The van der Waals surface area contributed by atoms with Crippen molar-refractivity contribution < 1.29 is 18.3 Å². The highest BCUT2D eigenvalue weighted by atomic mass is 79.9. The van der Waals surface area contributed by atoms with E-state index in [4.69, 9.17) is 0 Å². The van der Waals surface area contributed by atoms with Gasteiger partial charge in [0.15, 0.2) is 0 Å². The van der Waals surface area contributed by atoms with Gasteiger partial charge >= 0.3 is 6.61 Å². The molecule has 0 saturated carbocycles. The fourth-order valence-corrected chi connectivity index (χ4v) is 3.26. The van der Waals surface area contributed by atoms with E-state index in [2.05, 4.69) is 37.8 Å². The summed E-state index contributed by atoms with van der Waals surface area (Å²) in [7, 11) is 0. The van der Waals surface area contributed by atoms with Crippen molar-refractivity contribution in [3.63, 3.8) is 0 Å². The minimum absolute atomic E-state index is 0.0372. The molecule has 4 nitrogen and oxygen atoms in total. The van der Waals surface area contributed by atoms with Crippen molar-refractivity contribution in [1.82, 2.24) is 10.2 Å². The van der Waals surface area contributed by atoms with Crippen LogP contribution in [0.15, 0.2) is 28.7 Å². The predicted octanol–water partition coefficient (Wildman–Crippen LogP) is 4.05. The van der Waals surface area contributed by atoms with E-state index in [9.17, 15) is 13.6 Å². The van der Waals surface area contributed by atoms with Crippen LogP contribution in [0.5, 0.6) is 5.75 Å². The maximum atomic E-state index is 12.5. The molecule has 1 aromatic rings. The van der Waals surface area contributed by atoms with Gasteiger partial charge in [0.1, 0.15) is 5.75 Å². The summed E-state index contributed by atoms with van der Waals surface area (Å²) in [5.74, 6) is -0.188. The minimum atomic E-state index is -2.91. The number of nitrogens with one attached hydrogen (secondary N) is 1. The molecule has 2 rings (SSSR count). The number of carbonyl (C=O) groups excluding carboxylic acids is 1. The third-order valence-electron chi connectivity index (χ3n) is 4.08. The van der Waals surface area contributed by atoms with Gasteiger partial charge < -0.3 is 15.0 Å². The monoisotopic (exact) mass is 416 g/mol. The summed E-state index contributed by atoms with van der Waals surface area (Å²) in [4.78, 5) is 14.5. The molecule has 138 valence electrons. The molecule has 0 aliphatic carbocycles. The Kier molecular flexibility index (Phi) is 7.84. The number of rotatable bonds is 7. The number of alkyl halides is 2. The van der Waals surface area contributed by atoms with E-state index in [1.165, 1.54) is 18.2 Å². The third kappa shape index (κ3) is 6.74. The second-order valence-corrected chi connectivity index (χ2v) is 6.93. The van der Waals surface area contributed by atoms with Crippen molar-refractivity contribution in [2.24, 2.45) is 0 Å². The first-order chi connectivity index (χ1) is 12.0. The predicted molar refractivity (Wildman–Crippen MR) is 97.7 cm³/mol. The van der Waals surface area contributed by atoms with Gasteiger partial charge in [-0.3, -0.25) is 4.79 Å². The Bertz CT molecular complexity index is 603. The lowest BCUT2D eigenvalue weighted by molar-refractivity contribution is -0.117. The average Bonchev–Trinajstić information content (AvgIpc) is 2.57. The molecule has 1 aliphatic rings. The highest BCUT2D eigenvalue weighted by Crippen LogP contribution is 2.26. The van der Waals surface area contributed by atoms with Crippen molar-refractivity contribution in [3.05, 3.63) is 34.3 Å². The molecule has 1 aliphatic heterocycles. The molecule has 7 heteroatoms. The first kappa shape index (κ1) is 19.8. The van der Waals surface area contributed by atoms with Crippen LogP contribution in [0, 0.1) is 0 Å². The molecule has 0 radical (unpaired) electrons. The standard InChI is InChI=1S/C18H23BrF2N2O2/c1-2-9-23-10-7-15(8-11-23)22-17(24)6-3-13-12-14(19)4-5-16(13)25-18(20)21/h3-6,12,15,18H,2,7-11H2,1H3,(H,22,24)/b6-3+. The summed E-state index contributed by atoms with van der Waals surface area (Å²) in [6.45, 7) is 2.32. The van der Waals surface area contributed by atoms with E-state index < -0.39 is 6.61 Å². The molecule has 0 bridgehead atoms. The van der Waals surface area contributed by atoms with E-state index in [-0.39, 0.29) is 17.7 Å². The molecule has 0 unspecified atom stereocenters. The molecule has 1 amide bonds. The van der Waals surface area contributed by atoms with Gasteiger partial charge in [-0.2, -0.15) is 8.78 Å². The van der Waals surface area contributed by atoms with Crippen LogP contribution in [-0.4, -0.2) is 43.1 Å². The Morgan fingerprint density at radius 1 is 1.44 bits per heavy atom. The summed E-state index contributed by atoms with van der Waals surface area (Å²) in [6.07, 6.45) is 5.84. The van der Waals surface area contributed by atoms with E-state index >= 15 is 0 Å². The smallest absolute Gasteiger partial charge is 0.387 e. The van der Waals surface area contributed by atoms with Crippen molar-refractivity contribution >= 4 is 27.9 Å². The molecule has 0 aromatic heterocycles. The van der Waals surface area contributed by atoms with E-state index in [0.29, 0.717) is 5.56 Å². The van der Waals surface area contributed by atoms with Gasteiger partial charge in [0.05, 0.1) is 0 Å². The van der Waals surface area contributed by atoms with Gasteiger partial charge in [0.25, 0.3) is 0 Å². The normalized spacial score (nSPS) is 16.5. The number of hydrogen-bond donors (Lipinski definition) is 1. The molecular weight excluding hydrogens is 394 g/mol. The van der Waals surface area contributed by atoms with E-state index in [1.807, 2.05) is 0 Å². The first-order valence-corrected chi connectivity index (χ1v) is 9.22. The molecule has 0 spiro atoms. The van der Waals surface area contributed by atoms with Crippen molar-refractivity contribution in [2.75, 3.05) is 19.6 Å². The molecule has 1 N–H and O–H groups in total. The highest BCUT2D eigenvalue weighted by molar-refractivity contribution is 9.10. The average molecular weight is 417 g/mol. The molecule has 1 saturated heterocycles. The van der Waals surface area contributed by atoms with Crippen LogP contribution in [0.1, 0.15) is 31.7 Å². The number of piperidine rings is 1. The number of hydrogen-bond acceptors (Lipinski definition) is 3. The fraction of sp³-hybridized carbons (Fsp3) is 0.500. The molecular formula is C18H23BrF2N2O2. The van der Waals surface area contributed by atoms with Crippen molar-refractivity contribution in [1.29, 1.82) is 0 Å². The Labute approximate surface area is 155 Å². The Balaban J connectivity index is 1.91. The minimum Gasteiger partial charge on any atom is -0.434 e. The summed E-state index contributed by atoms with van der Waals surface area (Å²) < 4.78 is 30.1. The summed E-state index contributed by atoms with van der Waals surface area (Å²) in [5, 5.41) is 2.97. The largest absolute Gasteiger partial charge is 0.434 e. The molecule has 1 heterocycles. The lowest BCUT2D eigenvalue weighted by Gasteiger charge is -2.31. The lowest BCUT2D eigenvalue weighted by Crippen LogP contribution is -2.44. The van der Waals surface area contributed by atoms with Crippen LogP contribution in [0.2, 0.25) is 0 Å². The van der Waals surface area contributed by atoms with Crippen LogP contribution >= 0.6 is 15.9 Å². The topological polar surface area (TPSA) is 41.6 Å². The second kappa shape index (κ2) is 9.87. The fourth-order valence-electron chi connectivity index (χ4n) is 2.88. The van der Waals surface area contributed by atoms with Crippen molar-refractivity contribution in [2.45, 2.75) is 38.8 Å². The van der Waals surface area contributed by atoms with Crippen LogP contribution < -0.4 is 10.1 Å². The summed E-state index contributed by atoms with van der Waals surface area (Å²) >= 11 is 3.29. The van der Waals surface area contributed by atoms with Gasteiger partial charge in [0, 0.05) is 35.2 Å². The number of amides is 1. The zero-order valence-corrected chi connectivity index (χ0v) is 15.8. The number of likely N-dealkylation sites (tertiary alicyclic amines) is 1. The molecule has 0 atom stereocenters. The van der Waals surface area contributed by atoms with Crippen molar-refractivity contribution in [3.8, 4) is 5.75 Å². The van der Waals surface area contributed by atoms with Gasteiger partial charge in [-0.1, -0.05) is 22.9 Å². The highest BCUT2D eigenvalue weighted by Gasteiger charge is 2.19. The molecule has 25 heavy (non-hydrogen) atoms.